The molecule has 0 atom stereocenters. The molecule has 4 heteroatoms. The Labute approximate surface area is 161 Å². The number of imidazole rings is 1. The molecule has 0 N–H and O–H groups in total. The molecule has 0 aliphatic carbocycles. The van der Waals surface area contributed by atoms with Gasteiger partial charge >= 0.3 is 0 Å². The van der Waals surface area contributed by atoms with Crippen LogP contribution in [0.15, 0.2) is 54.7 Å². The van der Waals surface area contributed by atoms with Crippen molar-refractivity contribution in [1.82, 2.24) is 14.5 Å². The van der Waals surface area contributed by atoms with Gasteiger partial charge in [-0.2, -0.15) is 4.57 Å². The lowest BCUT2D eigenvalue weighted by Crippen LogP contribution is -2.30. The van der Waals surface area contributed by atoms with E-state index in [9.17, 15) is 0 Å². The van der Waals surface area contributed by atoms with E-state index in [1.54, 1.807) is 6.20 Å². The van der Waals surface area contributed by atoms with Gasteiger partial charge in [0.25, 0.3) is 5.82 Å². The Balaban J connectivity index is 2.18. The van der Waals surface area contributed by atoms with Crippen molar-refractivity contribution < 1.29 is 5.94 Å². The molecule has 27 heavy (non-hydrogen) atoms. The van der Waals surface area contributed by atoms with Crippen LogP contribution >= 0.6 is 0 Å². The molecule has 0 unspecified atom stereocenters. The van der Waals surface area contributed by atoms with E-state index in [-0.39, 0.29) is 0 Å². The summed E-state index contributed by atoms with van der Waals surface area (Å²) in [4.78, 5) is 9.48. The molecule has 0 fully saturated rings. The minimum absolute atomic E-state index is 0.670. The molecule has 2 heterocycles. The van der Waals surface area contributed by atoms with Crippen LogP contribution in [-0.4, -0.2) is 14.5 Å². The first-order chi connectivity index (χ1) is 13.3. The first-order valence-corrected chi connectivity index (χ1v) is 9.19. The van der Waals surface area contributed by atoms with Crippen molar-refractivity contribution >= 4 is 11.0 Å². The van der Waals surface area contributed by atoms with Crippen molar-refractivity contribution in [3.63, 3.8) is 0 Å². The first-order valence-electron chi connectivity index (χ1n) is 9.69. The minimum atomic E-state index is -0.874. The highest BCUT2D eigenvalue weighted by atomic mass is 15.2. The highest BCUT2D eigenvalue weighted by molar-refractivity contribution is 5.79. The molecule has 0 spiro atoms. The average molecular weight is 358 g/mol. The Kier molecular flexibility index (Phi) is 3.97. The summed E-state index contributed by atoms with van der Waals surface area (Å²) in [5.41, 5.74) is 5.97. The molecule has 0 radical (unpaired) electrons. The van der Waals surface area contributed by atoms with Crippen LogP contribution in [0.2, 0.25) is 0 Å². The highest BCUT2D eigenvalue weighted by Gasteiger charge is 2.30. The van der Waals surface area contributed by atoms with Crippen LogP contribution in [-0.2, 0) is 7.05 Å². The maximum atomic E-state index is 8.67. The second-order valence-corrected chi connectivity index (χ2v) is 7.21. The molecule has 4 nitrogen and oxygen atoms in total. The summed E-state index contributed by atoms with van der Waals surface area (Å²) >= 11 is 0. The van der Waals surface area contributed by atoms with Crippen molar-refractivity contribution in [2.24, 2.45) is 7.05 Å². The number of hydrogen-bond acceptors (Lipinski definition) is 2. The third-order valence-electron chi connectivity index (χ3n) is 4.96. The molecule has 0 aliphatic rings. The quantitative estimate of drug-likeness (QED) is 0.500. The van der Waals surface area contributed by atoms with E-state index >= 15 is 0 Å². The fourth-order valence-electron chi connectivity index (χ4n) is 3.62. The molecule has 0 aliphatic heterocycles. The van der Waals surface area contributed by atoms with Gasteiger partial charge in [0, 0.05) is 7.26 Å². The van der Waals surface area contributed by atoms with E-state index < -0.39 is 5.89 Å². The number of benzene rings is 2. The highest BCUT2D eigenvalue weighted by Crippen LogP contribution is 2.30. The number of rotatable bonds is 3. The second kappa shape index (κ2) is 6.62. The molecule has 4 aromatic rings. The Morgan fingerprint density at radius 3 is 2.48 bits per heavy atom. The van der Waals surface area contributed by atoms with Gasteiger partial charge in [0.15, 0.2) is 11.0 Å². The van der Waals surface area contributed by atoms with E-state index in [1.807, 2.05) is 32.9 Å². The van der Waals surface area contributed by atoms with Crippen LogP contribution < -0.4 is 4.57 Å². The van der Waals surface area contributed by atoms with Gasteiger partial charge in [-0.3, -0.25) is 4.98 Å². The third-order valence-corrected chi connectivity index (χ3v) is 4.96. The molecule has 4 rings (SSSR count). The van der Waals surface area contributed by atoms with Crippen molar-refractivity contribution in [1.29, 1.82) is 0 Å². The summed E-state index contributed by atoms with van der Waals surface area (Å²) in [6.07, 6.45) is 1.78. The van der Waals surface area contributed by atoms with E-state index in [0.717, 1.165) is 28.1 Å². The lowest BCUT2D eigenvalue weighted by molar-refractivity contribution is -0.633. The molecule has 0 saturated heterocycles. The number of fused-ring (bicyclic) bond motifs is 1. The Morgan fingerprint density at radius 1 is 1.04 bits per heavy atom. The summed E-state index contributed by atoms with van der Waals surface area (Å²) in [6.45, 7) is 7.76. The standard InChI is InChI=1S/C23H25N4/c1-15(2)21-22(24-14-17(4)25-21)27-20-13-9-8-12-19(20)26(5)23(27)18-11-7-6-10-16(18)3/h6-15H,1-5H3/q+1/i15D. The molecule has 2 aromatic carbocycles. The van der Waals surface area contributed by atoms with Crippen LogP contribution in [0, 0.1) is 13.8 Å². The maximum Gasteiger partial charge on any atom is 0.296 e. The zero-order valence-electron chi connectivity index (χ0n) is 17.5. The van der Waals surface area contributed by atoms with Gasteiger partial charge in [-0.25, -0.2) is 9.55 Å². The fourth-order valence-corrected chi connectivity index (χ4v) is 3.62. The topological polar surface area (TPSA) is 34.6 Å². The van der Waals surface area contributed by atoms with E-state index in [4.69, 9.17) is 11.3 Å². The number of nitrogens with zero attached hydrogens (tertiary/aromatic N) is 4. The Bertz CT molecular complexity index is 1190. The summed E-state index contributed by atoms with van der Waals surface area (Å²) in [7, 11) is 2.08. The molecular formula is C23H25N4+. The van der Waals surface area contributed by atoms with Crippen LogP contribution in [0.1, 0.15) is 38.1 Å². The monoisotopic (exact) mass is 358 g/mol. The summed E-state index contributed by atoms with van der Waals surface area (Å²) in [6, 6.07) is 16.6. The van der Waals surface area contributed by atoms with Crippen LogP contribution in [0.5, 0.6) is 0 Å². The number of aromatic nitrogens is 4. The van der Waals surface area contributed by atoms with Crippen molar-refractivity contribution in [2.45, 2.75) is 33.6 Å². The van der Waals surface area contributed by atoms with Crippen LogP contribution in [0.4, 0.5) is 0 Å². The van der Waals surface area contributed by atoms with E-state index in [0.29, 0.717) is 11.5 Å². The summed E-state index contributed by atoms with van der Waals surface area (Å²) in [5, 5.41) is 0. The van der Waals surface area contributed by atoms with Crippen molar-refractivity contribution in [2.75, 3.05) is 0 Å². The molecule has 136 valence electrons. The predicted octanol–water partition coefficient (Wildman–Crippen LogP) is 4.65. The Hall–Kier alpha value is -3.01. The smallest absolute Gasteiger partial charge is 0.250 e. The minimum Gasteiger partial charge on any atom is -0.250 e. The van der Waals surface area contributed by atoms with E-state index in [1.165, 1.54) is 5.56 Å². The second-order valence-electron chi connectivity index (χ2n) is 7.21. The van der Waals surface area contributed by atoms with Crippen molar-refractivity contribution in [3.8, 4) is 17.2 Å². The van der Waals surface area contributed by atoms with Gasteiger partial charge in [0.05, 0.1) is 24.5 Å². The molecular weight excluding hydrogens is 332 g/mol. The van der Waals surface area contributed by atoms with Gasteiger partial charge < -0.3 is 0 Å². The fraction of sp³-hybridized carbons (Fsp3) is 0.261. The summed E-state index contributed by atoms with van der Waals surface area (Å²) in [5.74, 6) is 0.866. The van der Waals surface area contributed by atoms with Crippen LogP contribution in [0.3, 0.4) is 0 Å². The van der Waals surface area contributed by atoms with E-state index in [2.05, 4.69) is 59.5 Å². The zero-order chi connectivity index (χ0) is 20.1. The zero-order valence-corrected chi connectivity index (χ0v) is 16.5. The van der Waals surface area contributed by atoms with Gasteiger partial charge in [0.1, 0.15) is 5.69 Å². The van der Waals surface area contributed by atoms with Gasteiger partial charge in [0.2, 0.25) is 5.82 Å². The first kappa shape index (κ1) is 16.2. The SMILES string of the molecule is [2H]C(C)(C)c1nc(C)cnc1-n1c(-c2ccccc2C)[n+](C)c2ccccc21. The summed E-state index contributed by atoms with van der Waals surface area (Å²) < 4.78 is 13.0. The van der Waals surface area contributed by atoms with Gasteiger partial charge in [-0.1, -0.05) is 44.2 Å². The largest absolute Gasteiger partial charge is 0.296 e. The molecule has 2 aromatic heterocycles. The van der Waals surface area contributed by atoms with Crippen LogP contribution in [0.25, 0.3) is 28.2 Å². The normalized spacial score (nSPS) is 12.4. The molecule has 0 amide bonds. The number of para-hydroxylation sites is 2. The predicted molar refractivity (Wildman–Crippen MR) is 109 cm³/mol. The average Bonchev–Trinajstić information content (AvgIpc) is 2.94. The third kappa shape index (κ3) is 2.81. The number of aryl methyl sites for hydroxylation is 3. The van der Waals surface area contributed by atoms with Gasteiger partial charge in [-0.05, 0) is 37.6 Å². The molecule has 0 saturated carbocycles. The molecule has 0 bridgehead atoms. The lowest BCUT2D eigenvalue weighted by atomic mass is 10.1. The van der Waals surface area contributed by atoms with Gasteiger partial charge in [-0.15, -0.1) is 0 Å². The maximum absolute atomic E-state index is 8.67. The van der Waals surface area contributed by atoms with Crippen molar-refractivity contribution in [3.05, 3.63) is 71.7 Å². The Morgan fingerprint density at radius 2 is 1.74 bits per heavy atom. The number of hydrogen-bond donors (Lipinski definition) is 0. The lowest BCUT2D eigenvalue weighted by Gasteiger charge is -2.11.